The van der Waals surface area contributed by atoms with Gasteiger partial charge in [0.05, 0.1) is 6.04 Å². The van der Waals surface area contributed by atoms with Crippen LogP contribution in [0.2, 0.25) is 0 Å². The van der Waals surface area contributed by atoms with Crippen LogP contribution < -0.4 is 10.6 Å². The fraction of sp³-hybridized carbons (Fsp3) is 0.800. The molecule has 0 saturated carbocycles. The fourth-order valence-corrected chi connectivity index (χ4v) is 1.58. The molecule has 6 nitrogen and oxygen atoms in total. The lowest BCUT2D eigenvalue weighted by Crippen LogP contribution is -2.49. The van der Waals surface area contributed by atoms with E-state index in [0.29, 0.717) is 13.0 Å². The third-order valence-electron chi connectivity index (χ3n) is 2.19. The van der Waals surface area contributed by atoms with Crippen molar-refractivity contribution >= 4 is 12.1 Å². The number of amides is 1. The molecule has 6 heteroatoms. The average Bonchev–Trinajstić information content (AvgIpc) is 2.47. The van der Waals surface area contributed by atoms with E-state index in [0.717, 1.165) is 0 Å². The van der Waals surface area contributed by atoms with Gasteiger partial charge in [0.1, 0.15) is 11.6 Å². The van der Waals surface area contributed by atoms with Crippen LogP contribution in [0.1, 0.15) is 27.2 Å². The van der Waals surface area contributed by atoms with Crippen LogP contribution in [-0.2, 0) is 9.53 Å². The average molecular weight is 230 g/mol. The van der Waals surface area contributed by atoms with Gasteiger partial charge in [-0.25, -0.2) is 4.79 Å². The number of carboxylic acids is 1. The Hall–Kier alpha value is -1.30. The van der Waals surface area contributed by atoms with Crippen LogP contribution in [-0.4, -0.2) is 41.4 Å². The number of hydrogen-bond donors (Lipinski definition) is 3. The molecule has 0 bridgehead atoms. The Balaban J connectivity index is 2.47. The van der Waals surface area contributed by atoms with Crippen LogP contribution in [0.4, 0.5) is 4.79 Å². The number of carbonyl (C=O) groups excluding carboxylic acids is 1. The Labute approximate surface area is 94.3 Å². The number of ether oxygens (including phenoxy) is 1. The van der Waals surface area contributed by atoms with Gasteiger partial charge in [-0.15, -0.1) is 0 Å². The molecule has 1 rings (SSSR count). The number of alkyl carbamates (subject to hydrolysis) is 1. The van der Waals surface area contributed by atoms with Gasteiger partial charge in [0.2, 0.25) is 0 Å². The molecule has 16 heavy (non-hydrogen) atoms. The summed E-state index contributed by atoms with van der Waals surface area (Å²) in [4.78, 5) is 22.3. The van der Waals surface area contributed by atoms with E-state index in [-0.39, 0.29) is 0 Å². The molecule has 92 valence electrons. The second-order valence-corrected chi connectivity index (χ2v) is 4.81. The van der Waals surface area contributed by atoms with Crippen molar-refractivity contribution in [1.29, 1.82) is 0 Å². The number of nitrogens with one attached hydrogen (secondary N) is 2. The maximum absolute atomic E-state index is 11.4. The van der Waals surface area contributed by atoms with Crippen LogP contribution in [0, 0.1) is 0 Å². The topological polar surface area (TPSA) is 87.7 Å². The van der Waals surface area contributed by atoms with E-state index >= 15 is 0 Å². The van der Waals surface area contributed by atoms with Crippen molar-refractivity contribution in [3.63, 3.8) is 0 Å². The van der Waals surface area contributed by atoms with Gasteiger partial charge in [0.25, 0.3) is 0 Å². The van der Waals surface area contributed by atoms with Crippen LogP contribution >= 0.6 is 0 Å². The highest BCUT2D eigenvalue weighted by molar-refractivity contribution is 5.77. The van der Waals surface area contributed by atoms with Gasteiger partial charge >= 0.3 is 12.1 Å². The van der Waals surface area contributed by atoms with E-state index in [1.165, 1.54) is 0 Å². The molecule has 0 aliphatic carbocycles. The summed E-state index contributed by atoms with van der Waals surface area (Å²) in [6.45, 7) is 5.86. The maximum Gasteiger partial charge on any atom is 0.407 e. The molecular weight excluding hydrogens is 212 g/mol. The normalized spacial score (nSPS) is 25.2. The summed E-state index contributed by atoms with van der Waals surface area (Å²) < 4.78 is 5.06. The summed E-state index contributed by atoms with van der Waals surface area (Å²) in [6, 6.07) is -1.14. The molecule has 1 amide bonds. The number of carboxylic acid groups (broad SMARTS) is 1. The number of aliphatic carboxylic acids is 1. The predicted molar refractivity (Wildman–Crippen MR) is 57.2 cm³/mol. The van der Waals surface area contributed by atoms with Crippen LogP contribution in [0.3, 0.4) is 0 Å². The highest BCUT2D eigenvalue weighted by atomic mass is 16.6. The Morgan fingerprint density at radius 2 is 2.06 bits per heavy atom. The van der Waals surface area contributed by atoms with Gasteiger partial charge in [-0.05, 0) is 33.7 Å². The summed E-state index contributed by atoms with van der Waals surface area (Å²) in [5, 5.41) is 14.2. The van der Waals surface area contributed by atoms with Gasteiger partial charge in [0.15, 0.2) is 0 Å². The first-order chi connectivity index (χ1) is 7.29. The summed E-state index contributed by atoms with van der Waals surface area (Å²) in [5.41, 5.74) is -0.575. The number of carbonyl (C=O) groups is 2. The standard InChI is InChI=1S/C10H18N2O4/c1-10(2,3)16-9(15)12-6-4-5-11-7(6)8(13)14/h6-7,11H,4-5H2,1-3H3,(H,12,15)(H,13,14)/t6-,7+/m0/s1. The summed E-state index contributed by atoms with van der Waals surface area (Å²) in [5.74, 6) is -0.960. The van der Waals surface area contributed by atoms with E-state index in [1.807, 2.05) is 0 Å². The molecule has 0 unspecified atom stereocenters. The molecule has 0 radical (unpaired) electrons. The summed E-state index contributed by atoms with van der Waals surface area (Å²) in [6.07, 6.45) is 0.0170. The first-order valence-electron chi connectivity index (χ1n) is 5.25. The van der Waals surface area contributed by atoms with Gasteiger partial charge in [-0.2, -0.15) is 0 Å². The van der Waals surface area contributed by atoms with Crippen molar-refractivity contribution in [3.05, 3.63) is 0 Å². The number of hydrogen-bond acceptors (Lipinski definition) is 4. The van der Waals surface area contributed by atoms with Crippen molar-refractivity contribution in [1.82, 2.24) is 10.6 Å². The molecule has 2 atom stereocenters. The fourth-order valence-electron chi connectivity index (χ4n) is 1.58. The Morgan fingerprint density at radius 3 is 2.56 bits per heavy atom. The molecule has 0 aromatic heterocycles. The van der Waals surface area contributed by atoms with Crippen molar-refractivity contribution in [2.75, 3.05) is 6.54 Å². The second-order valence-electron chi connectivity index (χ2n) is 4.81. The zero-order chi connectivity index (χ0) is 12.3. The molecule has 1 heterocycles. The monoisotopic (exact) mass is 230 g/mol. The Kier molecular flexibility index (Phi) is 3.74. The molecular formula is C10H18N2O4. The lowest BCUT2D eigenvalue weighted by atomic mass is 10.1. The van der Waals surface area contributed by atoms with Crippen LogP contribution in [0.15, 0.2) is 0 Å². The van der Waals surface area contributed by atoms with E-state index in [1.54, 1.807) is 20.8 Å². The van der Waals surface area contributed by atoms with Crippen molar-refractivity contribution in [2.24, 2.45) is 0 Å². The molecule has 0 spiro atoms. The maximum atomic E-state index is 11.4. The lowest BCUT2D eigenvalue weighted by Gasteiger charge is -2.23. The Morgan fingerprint density at radius 1 is 1.44 bits per heavy atom. The highest BCUT2D eigenvalue weighted by Gasteiger charge is 2.34. The molecule has 1 saturated heterocycles. The van der Waals surface area contributed by atoms with Crippen LogP contribution in [0.5, 0.6) is 0 Å². The molecule has 1 aliphatic rings. The van der Waals surface area contributed by atoms with E-state index in [2.05, 4.69) is 10.6 Å². The van der Waals surface area contributed by atoms with Crippen molar-refractivity contribution in [2.45, 2.75) is 44.9 Å². The SMILES string of the molecule is CC(C)(C)OC(=O)N[C@H]1CCN[C@H]1C(=O)O. The second kappa shape index (κ2) is 4.69. The lowest BCUT2D eigenvalue weighted by molar-refractivity contribution is -0.139. The quantitative estimate of drug-likeness (QED) is 0.636. The zero-order valence-electron chi connectivity index (χ0n) is 9.74. The first-order valence-corrected chi connectivity index (χ1v) is 5.25. The summed E-state index contributed by atoms with van der Waals surface area (Å²) in [7, 11) is 0. The number of rotatable bonds is 2. The molecule has 3 N–H and O–H groups in total. The largest absolute Gasteiger partial charge is 0.480 e. The predicted octanol–water partition coefficient (Wildman–Crippen LogP) is 0.326. The van der Waals surface area contributed by atoms with E-state index in [4.69, 9.17) is 9.84 Å². The minimum atomic E-state index is -0.960. The molecule has 0 aromatic carbocycles. The molecule has 0 aromatic rings. The Bertz CT molecular complexity index is 285. The van der Waals surface area contributed by atoms with E-state index < -0.39 is 29.7 Å². The smallest absolute Gasteiger partial charge is 0.407 e. The van der Waals surface area contributed by atoms with E-state index in [9.17, 15) is 9.59 Å². The van der Waals surface area contributed by atoms with Crippen LogP contribution in [0.25, 0.3) is 0 Å². The van der Waals surface area contributed by atoms with Crippen molar-refractivity contribution in [3.8, 4) is 0 Å². The molecule has 1 fully saturated rings. The van der Waals surface area contributed by atoms with Gasteiger partial charge in [-0.3, -0.25) is 4.79 Å². The minimum absolute atomic E-state index is 0.410. The molecule has 1 aliphatic heterocycles. The minimum Gasteiger partial charge on any atom is -0.480 e. The van der Waals surface area contributed by atoms with Gasteiger partial charge < -0.3 is 20.5 Å². The van der Waals surface area contributed by atoms with Crippen molar-refractivity contribution < 1.29 is 19.4 Å². The van der Waals surface area contributed by atoms with Gasteiger partial charge in [0, 0.05) is 0 Å². The van der Waals surface area contributed by atoms with Gasteiger partial charge in [-0.1, -0.05) is 0 Å². The first kappa shape index (κ1) is 12.8. The zero-order valence-corrected chi connectivity index (χ0v) is 9.74. The summed E-state index contributed by atoms with van der Waals surface area (Å²) >= 11 is 0. The third kappa shape index (κ3) is 3.69. The highest BCUT2D eigenvalue weighted by Crippen LogP contribution is 2.10. The third-order valence-corrected chi connectivity index (χ3v) is 2.19.